The van der Waals surface area contributed by atoms with E-state index < -0.39 is 0 Å². The van der Waals surface area contributed by atoms with Crippen LogP contribution >= 0.6 is 0 Å². The van der Waals surface area contributed by atoms with Crippen LogP contribution in [-0.2, 0) is 20.7 Å². The summed E-state index contributed by atoms with van der Waals surface area (Å²) in [7, 11) is 0. The van der Waals surface area contributed by atoms with Gasteiger partial charge in [-0.15, -0.1) is 0 Å². The molecule has 2 rings (SSSR count). The molecule has 1 heterocycles. The first-order chi connectivity index (χ1) is 16.5. The number of ether oxygens (including phenoxy) is 2. The monoisotopic (exact) mass is 465 g/mol. The Bertz CT molecular complexity index is 887. The molecule has 1 aromatic heterocycles. The molecule has 0 radical (unpaired) electrons. The van der Waals surface area contributed by atoms with Crippen molar-refractivity contribution in [3.8, 4) is 17.0 Å². The van der Waals surface area contributed by atoms with E-state index in [4.69, 9.17) is 9.47 Å². The highest BCUT2D eigenvalue weighted by Gasteiger charge is 2.09. The molecule has 0 saturated heterocycles. The summed E-state index contributed by atoms with van der Waals surface area (Å²) < 4.78 is 10.7. The smallest absolute Gasteiger partial charge is 0.311 e. The van der Waals surface area contributed by atoms with Gasteiger partial charge in [0.25, 0.3) is 0 Å². The minimum absolute atomic E-state index is 0.0866. The molecule has 0 N–H and O–H groups in total. The van der Waals surface area contributed by atoms with Crippen molar-refractivity contribution < 1.29 is 19.1 Å². The van der Waals surface area contributed by atoms with E-state index >= 15 is 0 Å². The third kappa shape index (κ3) is 10.8. The summed E-state index contributed by atoms with van der Waals surface area (Å²) in [4.78, 5) is 27.9. The molecule has 0 aliphatic heterocycles. The molecule has 1 aromatic carbocycles. The molecule has 0 bridgehead atoms. The van der Waals surface area contributed by atoms with Gasteiger partial charge in [0.2, 0.25) is 0 Å². The number of esters is 2. The van der Waals surface area contributed by atoms with E-state index in [0.29, 0.717) is 18.6 Å². The number of aromatic nitrogens is 1. The first-order valence-electron chi connectivity index (χ1n) is 12.6. The highest BCUT2D eigenvalue weighted by Crippen LogP contribution is 2.21. The van der Waals surface area contributed by atoms with Gasteiger partial charge >= 0.3 is 11.9 Å². The van der Waals surface area contributed by atoms with Crippen LogP contribution in [0.1, 0.15) is 84.1 Å². The molecule has 5 heteroatoms. The van der Waals surface area contributed by atoms with Gasteiger partial charge in [-0.2, -0.15) is 0 Å². The Balaban J connectivity index is 1.73. The van der Waals surface area contributed by atoms with Gasteiger partial charge in [-0.05, 0) is 63.1 Å². The second kappa shape index (κ2) is 15.8. The fraction of sp³-hybridized carbons (Fsp3) is 0.483. The van der Waals surface area contributed by atoms with Crippen LogP contribution in [0.15, 0.2) is 54.7 Å². The quantitative estimate of drug-likeness (QED) is 0.158. The Morgan fingerprint density at radius 3 is 2.32 bits per heavy atom. The lowest BCUT2D eigenvalue weighted by Crippen LogP contribution is -2.14. The van der Waals surface area contributed by atoms with Crippen molar-refractivity contribution in [1.29, 1.82) is 0 Å². The third-order valence-corrected chi connectivity index (χ3v) is 5.57. The molecular weight excluding hydrogens is 426 g/mol. The number of allylic oxidation sites excluding steroid dienone is 2. The summed E-state index contributed by atoms with van der Waals surface area (Å²) in [6.45, 7) is 5.92. The van der Waals surface area contributed by atoms with Gasteiger partial charge in [0.05, 0.1) is 18.0 Å². The standard InChI is InChI=1S/C29H39NO4/c1-4-6-7-8-9-10-11-12-13-29(32)34-26-20-21-27(30-22-26)25-18-16-24(17-19-25)15-14-23(3)33-28(31)5-2/h8-9,16-23H,4-7,10-15H2,1-3H3/b9-8+. The minimum Gasteiger partial charge on any atom is -0.463 e. The molecule has 0 fully saturated rings. The van der Waals surface area contributed by atoms with Crippen molar-refractivity contribution in [2.24, 2.45) is 0 Å². The van der Waals surface area contributed by atoms with Crippen LogP contribution in [-0.4, -0.2) is 23.0 Å². The van der Waals surface area contributed by atoms with Crippen molar-refractivity contribution in [1.82, 2.24) is 4.98 Å². The average molecular weight is 466 g/mol. The normalized spacial score (nSPS) is 12.0. The maximum atomic E-state index is 12.1. The number of hydrogen-bond acceptors (Lipinski definition) is 5. The number of carbonyl (C=O) groups is 2. The van der Waals surface area contributed by atoms with Crippen molar-refractivity contribution in [2.75, 3.05) is 0 Å². The number of rotatable bonds is 15. The molecule has 184 valence electrons. The van der Waals surface area contributed by atoms with E-state index in [1.54, 1.807) is 19.2 Å². The van der Waals surface area contributed by atoms with Gasteiger partial charge in [-0.3, -0.25) is 14.6 Å². The van der Waals surface area contributed by atoms with Crippen LogP contribution in [0.2, 0.25) is 0 Å². The second-order valence-corrected chi connectivity index (χ2v) is 8.60. The number of unbranched alkanes of at least 4 members (excludes halogenated alkanes) is 4. The molecule has 0 spiro atoms. The SMILES string of the molecule is CCCC/C=C/CCCCC(=O)Oc1ccc(-c2ccc(CCC(C)OC(=O)CC)cc2)nc1. The summed E-state index contributed by atoms with van der Waals surface area (Å²) in [5.41, 5.74) is 3.01. The van der Waals surface area contributed by atoms with Crippen LogP contribution in [0, 0.1) is 0 Å². The largest absolute Gasteiger partial charge is 0.463 e. The average Bonchev–Trinajstić information content (AvgIpc) is 2.85. The number of aryl methyl sites for hydroxylation is 1. The highest BCUT2D eigenvalue weighted by molar-refractivity contribution is 5.72. The zero-order chi connectivity index (χ0) is 24.6. The van der Waals surface area contributed by atoms with E-state index in [1.807, 2.05) is 25.1 Å². The van der Waals surface area contributed by atoms with Crippen LogP contribution in [0.25, 0.3) is 11.3 Å². The zero-order valence-electron chi connectivity index (χ0n) is 20.9. The Morgan fingerprint density at radius 1 is 0.941 bits per heavy atom. The Hall–Kier alpha value is -2.95. The first kappa shape index (κ1) is 27.3. The van der Waals surface area contributed by atoms with Gasteiger partial charge in [-0.1, -0.05) is 63.1 Å². The van der Waals surface area contributed by atoms with Crippen molar-refractivity contribution >= 4 is 11.9 Å². The number of benzene rings is 1. The number of carbonyl (C=O) groups excluding carboxylic acids is 2. The summed E-state index contributed by atoms with van der Waals surface area (Å²) >= 11 is 0. The zero-order valence-corrected chi connectivity index (χ0v) is 20.9. The predicted octanol–water partition coefficient (Wildman–Crippen LogP) is 7.24. The molecule has 0 aliphatic carbocycles. The van der Waals surface area contributed by atoms with Crippen molar-refractivity contribution in [3.05, 3.63) is 60.3 Å². The molecular formula is C29H39NO4. The lowest BCUT2D eigenvalue weighted by atomic mass is 10.0. The minimum atomic E-state index is -0.215. The Kier molecular flexibility index (Phi) is 12.7. The van der Waals surface area contributed by atoms with Crippen LogP contribution in [0.4, 0.5) is 0 Å². The second-order valence-electron chi connectivity index (χ2n) is 8.60. The first-order valence-corrected chi connectivity index (χ1v) is 12.6. The van der Waals surface area contributed by atoms with E-state index in [-0.39, 0.29) is 18.0 Å². The number of pyridine rings is 1. The Labute approximate surface area is 204 Å². The summed E-state index contributed by atoms with van der Waals surface area (Å²) in [6.07, 6.45) is 14.8. The molecule has 5 nitrogen and oxygen atoms in total. The van der Waals surface area contributed by atoms with E-state index in [9.17, 15) is 9.59 Å². The van der Waals surface area contributed by atoms with Gasteiger partial charge in [0.15, 0.2) is 0 Å². The summed E-state index contributed by atoms with van der Waals surface area (Å²) in [5.74, 6) is 0.0989. The van der Waals surface area contributed by atoms with Crippen molar-refractivity contribution in [2.45, 2.75) is 91.1 Å². The maximum absolute atomic E-state index is 12.1. The molecule has 1 unspecified atom stereocenters. The van der Waals surface area contributed by atoms with Gasteiger partial charge in [-0.25, -0.2) is 0 Å². The summed E-state index contributed by atoms with van der Waals surface area (Å²) in [5, 5.41) is 0. The fourth-order valence-electron chi connectivity index (χ4n) is 3.46. The van der Waals surface area contributed by atoms with E-state index in [1.165, 1.54) is 18.4 Å². The van der Waals surface area contributed by atoms with Crippen LogP contribution < -0.4 is 4.74 Å². The number of nitrogens with zero attached hydrogens (tertiary/aromatic N) is 1. The topological polar surface area (TPSA) is 65.5 Å². The van der Waals surface area contributed by atoms with Gasteiger partial charge in [0, 0.05) is 18.4 Å². The van der Waals surface area contributed by atoms with Gasteiger partial charge in [0.1, 0.15) is 5.75 Å². The van der Waals surface area contributed by atoms with Crippen LogP contribution in [0.5, 0.6) is 5.75 Å². The van der Waals surface area contributed by atoms with E-state index in [2.05, 4.69) is 36.2 Å². The van der Waals surface area contributed by atoms with Crippen molar-refractivity contribution in [3.63, 3.8) is 0 Å². The molecule has 2 aromatic rings. The predicted molar refractivity (Wildman–Crippen MR) is 137 cm³/mol. The lowest BCUT2D eigenvalue weighted by molar-refractivity contribution is -0.148. The fourth-order valence-corrected chi connectivity index (χ4v) is 3.46. The van der Waals surface area contributed by atoms with Gasteiger partial charge < -0.3 is 9.47 Å². The molecule has 34 heavy (non-hydrogen) atoms. The maximum Gasteiger partial charge on any atom is 0.311 e. The number of hydrogen-bond donors (Lipinski definition) is 0. The molecule has 0 amide bonds. The highest BCUT2D eigenvalue weighted by atomic mass is 16.5. The summed E-state index contributed by atoms with van der Waals surface area (Å²) in [6, 6.07) is 11.8. The van der Waals surface area contributed by atoms with E-state index in [0.717, 1.165) is 49.8 Å². The molecule has 1 atom stereocenters. The lowest BCUT2D eigenvalue weighted by Gasteiger charge is -2.12. The van der Waals surface area contributed by atoms with Crippen LogP contribution in [0.3, 0.4) is 0 Å². The molecule has 0 saturated carbocycles. The Morgan fingerprint density at radius 2 is 1.68 bits per heavy atom. The third-order valence-electron chi connectivity index (χ3n) is 5.57. The molecule has 0 aliphatic rings.